The Morgan fingerprint density at radius 3 is 2.77 bits per heavy atom. The molecular formula is C20H18F4N6S. The topological polar surface area (TPSA) is 57.5 Å². The van der Waals surface area contributed by atoms with Gasteiger partial charge in [0.15, 0.2) is 10.8 Å². The molecule has 1 unspecified atom stereocenters. The van der Waals surface area contributed by atoms with Gasteiger partial charge in [0.2, 0.25) is 0 Å². The van der Waals surface area contributed by atoms with Crippen LogP contribution in [0.1, 0.15) is 30.9 Å². The maximum absolute atomic E-state index is 14.4. The van der Waals surface area contributed by atoms with Crippen molar-refractivity contribution in [2.24, 2.45) is 0 Å². The summed E-state index contributed by atoms with van der Waals surface area (Å²) in [5.41, 5.74) is 0.396. The van der Waals surface area contributed by atoms with Crippen LogP contribution in [0.25, 0.3) is 5.65 Å². The second-order valence-corrected chi connectivity index (χ2v) is 8.10. The van der Waals surface area contributed by atoms with Gasteiger partial charge in [-0.25, -0.2) is 22.7 Å². The summed E-state index contributed by atoms with van der Waals surface area (Å²) < 4.78 is 56.9. The van der Waals surface area contributed by atoms with Crippen LogP contribution >= 0.6 is 12.2 Å². The van der Waals surface area contributed by atoms with Gasteiger partial charge in [0.1, 0.15) is 29.3 Å². The number of nitrogens with one attached hydrogen (secondary N) is 2. The highest BCUT2D eigenvalue weighted by atomic mass is 32.1. The zero-order chi connectivity index (χ0) is 21.7. The molecule has 5 rings (SSSR count). The van der Waals surface area contributed by atoms with Gasteiger partial charge in [-0.3, -0.25) is 0 Å². The highest BCUT2D eigenvalue weighted by Crippen LogP contribution is 2.37. The number of thiocarbonyl (C=S) groups is 1. The number of hydrogen-bond acceptors (Lipinski definition) is 4. The molecule has 2 fully saturated rings. The number of rotatable bonds is 4. The lowest BCUT2D eigenvalue weighted by Crippen LogP contribution is -2.31. The lowest BCUT2D eigenvalue weighted by Gasteiger charge is -2.26. The molecule has 0 bridgehead atoms. The highest BCUT2D eigenvalue weighted by molar-refractivity contribution is 7.80. The molecule has 1 aromatic carbocycles. The summed E-state index contributed by atoms with van der Waals surface area (Å²) in [4.78, 5) is 6.38. The maximum Gasteiger partial charge on any atom is 0.258 e. The van der Waals surface area contributed by atoms with E-state index in [1.807, 2.05) is 4.90 Å². The van der Waals surface area contributed by atoms with E-state index in [0.29, 0.717) is 25.2 Å². The molecule has 1 saturated heterocycles. The third kappa shape index (κ3) is 3.78. The van der Waals surface area contributed by atoms with Gasteiger partial charge in [0, 0.05) is 24.7 Å². The Kier molecular flexibility index (Phi) is 4.92. The van der Waals surface area contributed by atoms with E-state index in [4.69, 9.17) is 12.2 Å². The van der Waals surface area contributed by atoms with E-state index in [0.717, 1.165) is 18.6 Å². The minimum absolute atomic E-state index is 0.0388. The first-order chi connectivity index (χ1) is 14.9. The van der Waals surface area contributed by atoms with Crippen LogP contribution in [0.5, 0.6) is 0 Å². The predicted molar refractivity (Wildman–Crippen MR) is 111 cm³/mol. The van der Waals surface area contributed by atoms with E-state index >= 15 is 0 Å². The molecule has 162 valence electrons. The highest BCUT2D eigenvalue weighted by Gasteiger charge is 2.38. The lowest BCUT2D eigenvalue weighted by atomic mass is 10.0. The minimum atomic E-state index is -0.964. The van der Waals surface area contributed by atoms with E-state index < -0.39 is 29.8 Å². The fourth-order valence-electron chi connectivity index (χ4n) is 3.93. The van der Waals surface area contributed by atoms with Crippen molar-refractivity contribution in [3.05, 3.63) is 53.6 Å². The molecular weight excluding hydrogens is 432 g/mol. The van der Waals surface area contributed by atoms with Gasteiger partial charge in [-0.15, -0.1) is 5.10 Å². The molecule has 2 N–H and O–H groups in total. The molecule has 1 aliphatic carbocycles. The third-order valence-corrected chi connectivity index (χ3v) is 5.78. The summed E-state index contributed by atoms with van der Waals surface area (Å²) in [5, 5.41) is 9.33. The number of halogens is 4. The molecule has 0 spiro atoms. The number of hydrogen-bond donors (Lipinski definition) is 2. The summed E-state index contributed by atoms with van der Waals surface area (Å²) >= 11 is 5.14. The smallest absolute Gasteiger partial charge is 0.258 e. The van der Waals surface area contributed by atoms with Gasteiger partial charge < -0.3 is 15.5 Å². The van der Waals surface area contributed by atoms with E-state index in [1.54, 1.807) is 6.07 Å². The normalized spacial score (nSPS) is 22.7. The van der Waals surface area contributed by atoms with Crippen molar-refractivity contribution in [2.45, 2.75) is 37.5 Å². The van der Waals surface area contributed by atoms with Crippen LogP contribution in [0, 0.1) is 17.6 Å². The molecule has 3 heterocycles. The number of nitrogens with zero attached hydrogens (tertiary/aromatic N) is 4. The molecule has 3 atom stereocenters. The fourth-order valence-corrected chi connectivity index (χ4v) is 4.18. The zero-order valence-electron chi connectivity index (χ0n) is 16.2. The summed E-state index contributed by atoms with van der Waals surface area (Å²) in [6.07, 6.45) is 2.33. The van der Waals surface area contributed by atoms with Crippen molar-refractivity contribution >= 4 is 34.5 Å². The van der Waals surface area contributed by atoms with E-state index in [1.165, 1.54) is 16.8 Å². The van der Waals surface area contributed by atoms with Crippen LogP contribution in [-0.4, -0.2) is 38.5 Å². The molecule has 0 radical (unpaired) electrons. The Labute approximate surface area is 180 Å². The Bertz CT molecular complexity index is 1170. The standard InChI is InChI=1S/C20H18F4N6S/c21-10-3-4-12(22)11(8-10)15-2-1-6-29(15)16-5-7-30-19(26-16)17(18(24)28-30)27-20(31)25-14-9-13(14)23/h3-5,7-8,13-15H,1-2,6,9H2,(H2,25,27,31)/t13-,14+,15?/m1/s1. The van der Waals surface area contributed by atoms with Gasteiger partial charge in [-0.1, -0.05) is 0 Å². The summed E-state index contributed by atoms with van der Waals surface area (Å²) in [5.74, 6) is -1.33. The first-order valence-electron chi connectivity index (χ1n) is 9.89. The first-order valence-corrected chi connectivity index (χ1v) is 10.3. The maximum atomic E-state index is 14.4. The second-order valence-electron chi connectivity index (χ2n) is 7.69. The first kappa shape index (κ1) is 20.0. The van der Waals surface area contributed by atoms with E-state index in [2.05, 4.69) is 20.7 Å². The molecule has 1 aliphatic heterocycles. The molecule has 1 saturated carbocycles. The van der Waals surface area contributed by atoms with Crippen LogP contribution in [0.15, 0.2) is 30.5 Å². The molecule has 2 aromatic heterocycles. The average Bonchev–Trinajstić information content (AvgIpc) is 3.13. The van der Waals surface area contributed by atoms with Crippen LogP contribution in [0.4, 0.5) is 29.1 Å². The largest absolute Gasteiger partial charge is 0.357 e. The minimum Gasteiger partial charge on any atom is -0.357 e. The molecule has 6 nitrogen and oxygen atoms in total. The molecule has 31 heavy (non-hydrogen) atoms. The van der Waals surface area contributed by atoms with Gasteiger partial charge in [-0.2, -0.15) is 4.39 Å². The number of benzene rings is 1. The summed E-state index contributed by atoms with van der Waals surface area (Å²) in [6, 6.07) is 4.27. The molecule has 3 aromatic rings. The van der Waals surface area contributed by atoms with Gasteiger partial charge in [-0.05, 0) is 49.3 Å². The Balaban J connectivity index is 1.46. The van der Waals surface area contributed by atoms with E-state index in [-0.39, 0.29) is 28.1 Å². The molecule has 2 aliphatic rings. The Morgan fingerprint density at radius 1 is 1.19 bits per heavy atom. The van der Waals surface area contributed by atoms with Crippen LogP contribution in [-0.2, 0) is 0 Å². The van der Waals surface area contributed by atoms with Crippen molar-refractivity contribution in [1.82, 2.24) is 19.9 Å². The van der Waals surface area contributed by atoms with Crippen molar-refractivity contribution in [2.75, 3.05) is 16.8 Å². The molecule has 11 heteroatoms. The quantitative estimate of drug-likeness (QED) is 0.465. The Morgan fingerprint density at radius 2 is 2.00 bits per heavy atom. The zero-order valence-corrected chi connectivity index (χ0v) is 17.0. The van der Waals surface area contributed by atoms with Crippen molar-refractivity contribution in [3.8, 4) is 0 Å². The van der Waals surface area contributed by atoms with Gasteiger partial charge in [0.05, 0.1) is 12.1 Å². The number of alkyl halides is 1. The summed E-state index contributed by atoms with van der Waals surface area (Å²) in [7, 11) is 0. The van der Waals surface area contributed by atoms with Crippen molar-refractivity contribution in [3.63, 3.8) is 0 Å². The number of anilines is 2. The van der Waals surface area contributed by atoms with Gasteiger partial charge >= 0.3 is 0 Å². The van der Waals surface area contributed by atoms with Crippen LogP contribution in [0.2, 0.25) is 0 Å². The predicted octanol–water partition coefficient (Wildman–Crippen LogP) is 3.88. The molecule has 0 amide bonds. The fraction of sp³-hybridized carbons (Fsp3) is 0.350. The van der Waals surface area contributed by atoms with Crippen molar-refractivity contribution < 1.29 is 17.6 Å². The summed E-state index contributed by atoms with van der Waals surface area (Å²) in [6.45, 7) is 0.586. The van der Waals surface area contributed by atoms with Crippen molar-refractivity contribution in [1.29, 1.82) is 0 Å². The average molecular weight is 450 g/mol. The third-order valence-electron chi connectivity index (χ3n) is 5.56. The number of fused-ring (bicyclic) bond motifs is 1. The Hall–Kier alpha value is -2.95. The SMILES string of the molecule is Fc1ccc(F)c(C2CCCN2c2ccn3nc(F)c(NC(=S)N[C@H]4C[C@H]4F)c3n2)c1. The number of aromatic nitrogens is 3. The monoisotopic (exact) mass is 450 g/mol. The van der Waals surface area contributed by atoms with Gasteiger partial charge in [0.25, 0.3) is 5.95 Å². The lowest BCUT2D eigenvalue weighted by molar-refractivity contribution is 0.461. The van der Waals surface area contributed by atoms with Crippen LogP contribution in [0.3, 0.4) is 0 Å². The van der Waals surface area contributed by atoms with Crippen LogP contribution < -0.4 is 15.5 Å². The second kappa shape index (κ2) is 7.63. The van der Waals surface area contributed by atoms with E-state index in [9.17, 15) is 17.6 Å².